The van der Waals surface area contributed by atoms with Crippen molar-refractivity contribution in [1.82, 2.24) is 4.90 Å². The van der Waals surface area contributed by atoms with E-state index in [9.17, 15) is 9.18 Å². The van der Waals surface area contributed by atoms with Crippen molar-refractivity contribution in [2.24, 2.45) is 0 Å². The average Bonchev–Trinajstić information content (AvgIpc) is 2.90. The van der Waals surface area contributed by atoms with E-state index in [2.05, 4.69) is 5.32 Å². The van der Waals surface area contributed by atoms with E-state index in [-0.39, 0.29) is 24.0 Å². The van der Waals surface area contributed by atoms with Crippen molar-refractivity contribution < 1.29 is 13.9 Å². The summed E-state index contributed by atoms with van der Waals surface area (Å²) in [7, 11) is 0. The number of benzene rings is 1. The van der Waals surface area contributed by atoms with Crippen molar-refractivity contribution in [3.8, 4) is 0 Å². The van der Waals surface area contributed by atoms with Crippen LogP contribution in [0.5, 0.6) is 0 Å². The summed E-state index contributed by atoms with van der Waals surface area (Å²) < 4.78 is 19.6. The Hall–Kier alpha value is -1.78. The Kier molecular flexibility index (Phi) is 5.73. The Morgan fingerprint density at radius 1 is 1.46 bits per heavy atom. The second kappa shape index (κ2) is 7.41. The van der Waals surface area contributed by atoms with Gasteiger partial charge in [0.15, 0.2) is 0 Å². The number of nitrogens with zero attached hydrogens (tertiary/aromatic N) is 1. The molecule has 2 atom stereocenters. The largest absolute Gasteiger partial charge is 0.444 e. The van der Waals surface area contributed by atoms with Crippen LogP contribution in [-0.4, -0.2) is 35.2 Å². The molecule has 2 unspecified atom stereocenters. The molecule has 1 aromatic carbocycles. The number of rotatable bonds is 4. The standard InChI is InChI=1S/C19H29FN2O2/c1-13-8-6-10-16(17(13)20)21-14(2)12-15-9-7-11-22(15)18(23)24-19(3,4)5/h6,8,10,14-15,21H,7,9,11-12H2,1-5H3. The number of hydrogen-bond acceptors (Lipinski definition) is 3. The van der Waals surface area contributed by atoms with Crippen molar-refractivity contribution in [2.45, 2.75) is 71.6 Å². The Balaban J connectivity index is 1.96. The van der Waals surface area contributed by atoms with E-state index in [0.717, 1.165) is 25.8 Å². The lowest BCUT2D eigenvalue weighted by molar-refractivity contribution is 0.0218. The summed E-state index contributed by atoms with van der Waals surface area (Å²) >= 11 is 0. The number of carbonyl (C=O) groups excluding carboxylic acids is 1. The van der Waals surface area contributed by atoms with Crippen LogP contribution >= 0.6 is 0 Å². The van der Waals surface area contributed by atoms with Crippen LogP contribution in [0.1, 0.15) is 52.5 Å². The Labute approximate surface area is 144 Å². The van der Waals surface area contributed by atoms with E-state index >= 15 is 0 Å². The lowest BCUT2D eigenvalue weighted by Gasteiger charge is -2.30. The molecule has 0 bridgehead atoms. The highest BCUT2D eigenvalue weighted by atomic mass is 19.1. The molecule has 1 amide bonds. The lowest BCUT2D eigenvalue weighted by Crippen LogP contribution is -2.41. The fourth-order valence-corrected chi connectivity index (χ4v) is 3.13. The number of likely N-dealkylation sites (tertiary alicyclic amines) is 1. The highest BCUT2D eigenvalue weighted by Gasteiger charge is 2.33. The van der Waals surface area contributed by atoms with Gasteiger partial charge in [-0.05, 0) is 65.5 Å². The van der Waals surface area contributed by atoms with Crippen LogP contribution < -0.4 is 5.32 Å². The van der Waals surface area contributed by atoms with E-state index in [0.29, 0.717) is 11.3 Å². The van der Waals surface area contributed by atoms with Crippen LogP contribution in [0.15, 0.2) is 18.2 Å². The van der Waals surface area contributed by atoms with Gasteiger partial charge >= 0.3 is 6.09 Å². The zero-order valence-electron chi connectivity index (χ0n) is 15.4. The van der Waals surface area contributed by atoms with Crippen LogP contribution in [0.3, 0.4) is 0 Å². The molecule has 0 radical (unpaired) electrons. The van der Waals surface area contributed by atoms with Crippen molar-refractivity contribution >= 4 is 11.8 Å². The number of aryl methyl sites for hydroxylation is 1. The number of ether oxygens (including phenoxy) is 1. The van der Waals surface area contributed by atoms with Crippen LogP contribution in [0.4, 0.5) is 14.9 Å². The van der Waals surface area contributed by atoms with E-state index in [1.165, 1.54) is 0 Å². The van der Waals surface area contributed by atoms with Gasteiger partial charge in [-0.3, -0.25) is 0 Å². The molecule has 0 aliphatic carbocycles. The van der Waals surface area contributed by atoms with Gasteiger partial charge in [0.25, 0.3) is 0 Å². The van der Waals surface area contributed by atoms with Gasteiger partial charge < -0.3 is 15.0 Å². The molecule has 1 aromatic rings. The molecule has 1 heterocycles. The lowest BCUT2D eigenvalue weighted by atomic mass is 10.1. The fourth-order valence-electron chi connectivity index (χ4n) is 3.13. The third-order valence-corrected chi connectivity index (χ3v) is 4.22. The van der Waals surface area contributed by atoms with Gasteiger partial charge in [0, 0.05) is 18.6 Å². The van der Waals surface area contributed by atoms with Crippen LogP contribution in [0, 0.1) is 12.7 Å². The summed E-state index contributed by atoms with van der Waals surface area (Å²) in [6.07, 6.45) is 2.46. The normalized spacial score (nSPS) is 19.2. The molecule has 1 fully saturated rings. The number of amides is 1. The van der Waals surface area contributed by atoms with Crippen molar-refractivity contribution in [2.75, 3.05) is 11.9 Å². The monoisotopic (exact) mass is 336 g/mol. The maximum atomic E-state index is 14.1. The van der Waals surface area contributed by atoms with E-state index in [4.69, 9.17) is 4.74 Å². The first-order valence-electron chi connectivity index (χ1n) is 8.68. The molecular formula is C19H29FN2O2. The molecule has 1 aliphatic rings. The molecule has 0 aromatic heterocycles. The Bertz CT molecular complexity index is 583. The first-order chi connectivity index (χ1) is 11.2. The molecule has 5 heteroatoms. The molecule has 2 rings (SSSR count). The minimum absolute atomic E-state index is 0.0642. The van der Waals surface area contributed by atoms with Gasteiger partial charge in [-0.15, -0.1) is 0 Å². The van der Waals surface area contributed by atoms with Gasteiger partial charge in [0.05, 0.1) is 5.69 Å². The first kappa shape index (κ1) is 18.6. The molecule has 0 spiro atoms. The second-order valence-corrected chi connectivity index (χ2v) is 7.69. The SMILES string of the molecule is Cc1cccc(NC(C)CC2CCCN2C(=O)OC(C)(C)C)c1F. The van der Waals surface area contributed by atoms with Crippen LogP contribution in [0.2, 0.25) is 0 Å². The quantitative estimate of drug-likeness (QED) is 0.864. The number of anilines is 1. The summed E-state index contributed by atoms with van der Waals surface area (Å²) in [6.45, 7) is 10.1. The average molecular weight is 336 g/mol. The molecule has 0 saturated carbocycles. The van der Waals surface area contributed by atoms with Crippen molar-refractivity contribution in [1.29, 1.82) is 0 Å². The molecule has 134 valence electrons. The topological polar surface area (TPSA) is 41.6 Å². The minimum Gasteiger partial charge on any atom is -0.444 e. The van der Waals surface area contributed by atoms with Gasteiger partial charge in [-0.2, -0.15) is 0 Å². The molecular weight excluding hydrogens is 307 g/mol. The van der Waals surface area contributed by atoms with Crippen molar-refractivity contribution in [3.05, 3.63) is 29.6 Å². The second-order valence-electron chi connectivity index (χ2n) is 7.69. The number of carbonyl (C=O) groups is 1. The summed E-state index contributed by atoms with van der Waals surface area (Å²) in [5.74, 6) is -0.209. The highest BCUT2D eigenvalue weighted by molar-refractivity contribution is 5.69. The zero-order valence-corrected chi connectivity index (χ0v) is 15.4. The maximum Gasteiger partial charge on any atom is 0.410 e. The van der Waals surface area contributed by atoms with Gasteiger partial charge in [0.1, 0.15) is 11.4 Å². The predicted molar refractivity (Wildman–Crippen MR) is 94.8 cm³/mol. The summed E-state index contributed by atoms with van der Waals surface area (Å²) in [6, 6.07) is 5.55. The van der Waals surface area contributed by atoms with Gasteiger partial charge in [-0.25, -0.2) is 9.18 Å². The molecule has 1 saturated heterocycles. The third kappa shape index (κ3) is 4.86. The smallest absolute Gasteiger partial charge is 0.410 e. The third-order valence-electron chi connectivity index (χ3n) is 4.22. The number of nitrogens with one attached hydrogen (secondary N) is 1. The molecule has 1 aliphatic heterocycles. The van der Waals surface area contributed by atoms with E-state index in [1.54, 1.807) is 19.1 Å². The summed E-state index contributed by atoms with van der Waals surface area (Å²) in [4.78, 5) is 14.1. The zero-order chi connectivity index (χ0) is 17.9. The summed E-state index contributed by atoms with van der Waals surface area (Å²) in [5.41, 5.74) is 0.659. The van der Waals surface area contributed by atoms with Crippen LogP contribution in [0.25, 0.3) is 0 Å². The Morgan fingerprint density at radius 2 is 2.17 bits per heavy atom. The molecule has 1 N–H and O–H groups in total. The Morgan fingerprint density at radius 3 is 2.83 bits per heavy atom. The van der Waals surface area contributed by atoms with E-state index in [1.807, 2.05) is 38.7 Å². The molecule has 4 nitrogen and oxygen atoms in total. The molecule has 24 heavy (non-hydrogen) atoms. The first-order valence-corrected chi connectivity index (χ1v) is 8.68. The number of halogens is 1. The minimum atomic E-state index is -0.487. The maximum absolute atomic E-state index is 14.1. The highest BCUT2D eigenvalue weighted by Crippen LogP contribution is 2.26. The number of hydrogen-bond donors (Lipinski definition) is 1. The fraction of sp³-hybridized carbons (Fsp3) is 0.632. The van der Waals surface area contributed by atoms with E-state index < -0.39 is 5.60 Å². The van der Waals surface area contributed by atoms with Crippen LogP contribution in [-0.2, 0) is 4.74 Å². The van der Waals surface area contributed by atoms with Crippen molar-refractivity contribution in [3.63, 3.8) is 0 Å². The summed E-state index contributed by atoms with van der Waals surface area (Å²) in [5, 5.41) is 3.23. The van der Waals surface area contributed by atoms with Gasteiger partial charge in [0.2, 0.25) is 0 Å². The predicted octanol–water partition coefficient (Wildman–Crippen LogP) is 4.72. The van der Waals surface area contributed by atoms with Gasteiger partial charge in [-0.1, -0.05) is 12.1 Å².